The van der Waals surface area contributed by atoms with Crippen molar-refractivity contribution in [2.45, 2.75) is 32.6 Å². The Morgan fingerprint density at radius 3 is 2.87 bits per heavy atom. The van der Waals surface area contributed by atoms with E-state index < -0.39 is 0 Å². The topological polar surface area (TPSA) is 30.0 Å². The van der Waals surface area contributed by atoms with Crippen LogP contribution >= 0.6 is 0 Å². The van der Waals surface area contributed by atoms with E-state index in [-0.39, 0.29) is 5.78 Å². The van der Waals surface area contributed by atoms with E-state index in [9.17, 15) is 4.79 Å². The predicted molar refractivity (Wildman–Crippen MR) is 61.6 cm³/mol. The molecule has 0 saturated heterocycles. The number of carbonyl (C=O) groups excluding carboxylic acids is 1. The molecule has 1 aromatic heterocycles. The third kappa shape index (κ3) is 4.54. The zero-order valence-electron chi connectivity index (χ0n) is 9.20. The van der Waals surface area contributed by atoms with Crippen LogP contribution in [0.1, 0.15) is 31.9 Å². The van der Waals surface area contributed by atoms with E-state index in [0.717, 1.165) is 24.1 Å². The molecule has 0 radical (unpaired) electrons. The van der Waals surface area contributed by atoms with E-state index in [1.54, 1.807) is 6.20 Å². The molecule has 1 rings (SSSR count). The van der Waals surface area contributed by atoms with Crippen LogP contribution in [0.3, 0.4) is 0 Å². The highest BCUT2D eigenvalue weighted by Crippen LogP contribution is 2.07. The quantitative estimate of drug-likeness (QED) is 0.665. The van der Waals surface area contributed by atoms with Gasteiger partial charge in [0, 0.05) is 24.7 Å². The summed E-state index contributed by atoms with van der Waals surface area (Å²) in [4.78, 5) is 15.7. The van der Waals surface area contributed by atoms with Crippen LogP contribution in [0.15, 0.2) is 36.5 Å². The minimum absolute atomic E-state index is 0.257. The summed E-state index contributed by atoms with van der Waals surface area (Å²) in [5.41, 5.74) is 1.99. The summed E-state index contributed by atoms with van der Waals surface area (Å²) < 4.78 is 0. The van der Waals surface area contributed by atoms with Gasteiger partial charge in [-0.15, -0.1) is 0 Å². The Hall–Kier alpha value is -1.44. The van der Waals surface area contributed by atoms with Crippen LogP contribution in [0.4, 0.5) is 0 Å². The van der Waals surface area contributed by atoms with Crippen LogP contribution in [-0.4, -0.2) is 10.8 Å². The molecule has 0 aliphatic carbocycles. The second-order valence-corrected chi connectivity index (χ2v) is 3.64. The van der Waals surface area contributed by atoms with Gasteiger partial charge in [0.2, 0.25) is 0 Å². The number of hydrogen-bond donors (Lipinski definition) is 0. The number of ketones is 1. The molecule has 0 aromatic carbocycles. The highest BCUT2D eigenvalue weighted by molar-refractivity contribution is 5.80. The molecule has 1 heterocycles. The maximum absolute atomic E-state index is 11.5. The number of rotatable bonds is 6. The molecule has 0 fully saturated rings. The third-order valence-corrected chi connectivity index (χ3v) is 2.33. The molecule has 0 atom stereocenters. The Balaban J connectivity index is 2.32. The zero-order chi connectivity index (χ0) is 11.1. The molecule has 2 nitrogen and oxygen atoms in total. The maximum Gasteiger partial charge on any atom is 0.137 e. The lowest BCUT2D eigenvalue weighted by atomic mass is 10.0. The molecular formula is C13H17NO. The molecule has 0 aliphatic rings. The van der Waals surface area contributed by atoms with Crippen LogP contribution in [0, 0.1) is 0 Å². The highest BCUT2D eigenvalue weighted by Gasteiger charge is 2.04. The van der Waals surface area contributed by atoms with Gasteiger partial charge in [0.05, 0.1) is 0 Å². The second-order valence-electron chi connectivity index (χ2n) is 3.64. The molecule has 0 saturated carbocycles. The largest absolute Gasteiger partial charge is 0.299 e. The van der Waals surface area contributed by atoms with Crippen molar-refractivity contribution in [3.8, 4) is 0 Å². The number of Topliss-reactive ketones (excluding diaryl/α,β-unsaturated/α-hetero) is 1. The van der Waals surface area contributed by atoms with Gasteiger partial charge in [-0.3, -0.25) is 9.78 Å². The van der Waals surface area contributed by atoms with Crippen molar-refractivity contribution in [3.63, 3.8) is 0 Å². The van der Waals surface area contributed by atoms with Gasteiger partial charge in [0.25, 0.3) is 0 Å². The van der Waals surface area contributed by atoms with Crippen molar-refractivity contribution in [1.82, 2.24) is 4.98 Å². The molecule has 1 aromatic rings. The number of carbonyl (C=O) groups is 1. The summed E-state index contributed by atoms with van der Waals surface area (Å²) in [6.45, 7) is 5.85. The lowest BCUT2D eigenvalue weighted by Gasteiger charge is -2.01. The lowest BCUT2D eigenvalue weighted by molar-refractivity contribution is -0.118. The molecule has 0 N–H and O–H groups in total. The molecule has 0 spiro atoms. The van der Waals surface area contributed by atoms with Crippen LogP contribution in [0.5, 0.6) is 0 Å². The molecule has 2 heteroatoms. The van der Waals surface area contributed by atoms with Gasteiger partial charge in [-0.05, 0) is 25.0 Å². The summed E-state index contributed by atoms with van der Waals surface area (Å²) in [6, 6.07) is 5.77. The van der Waals surface area contributed by atoms with Gasteiger partial charge in [0.1, 0.15) is 5.78 Å². The summed E-state index contributed by atoms with van der Waals surface area (Å²) in [7, 11) is 0. The fraction of sp³-hybridized carbons (Fsp3) is 0.385. The van der Waals surface area contributed by atoms with Gasteiger partial charge < -0.3 is 0 Å². The maximum atomic E-state index is 11.5. The summed E-state index contributed by atoms with van der Waals surface area (Å²) in [6.07, 6.45) is 4.45. The molecule has 80 valence electrons. The number of hydrogen-bond acceptors (Lipinski definition) is 2. The van der Waals surface area contributed by atoms with Crippen LogP contribution in [0.25, 0.3) is 0 Å². The molecule has 0 aliphatic heterocycles. The van der Waals surface area contributed by atoms with Crippen LogP contribution in [-0.2, 0) is 11.2 Å². The molecular weight excluding hydrogens is 186 g/mol. The smallest absolute Gasteiger partial charge is 0.137 e. The number of allylic oxidation sites excluding steroid dienone is 1. The Morgan fingerprint density at radius 1 is 1.47 bits per heavy atom. The first kappa shape index (κ1) is 11.6. The van der Waals surface area contributed by atoms with Gasteiger partial charge in [0.15, 0.2) is 0 Å². The molecule has 0 bridgehead atoms. The summed E-state index contributed by atoms with van der Waals surface area (Å²) in [5, 5.41) is 0. The highest BCUT2D eigenvalue weighted by atomic mass is 16.1. The Bertz CT molecular complexity index is 330. The zero-order valence-corrected chi connectivity index (χ0v) is 9.20. The lowest BCUT2D eigenvalue weighted by Crippen LogP contribution is -2.02. The SMILES string of the molecule is C=C(CC)CC(=O)CCc1ccccn1. The second kappa shape index (κ2) is 6.12. The van der Waals surface area contributed by atoms with E-state index in [2.05, 4.69) is 11.6 Å². The van der Waals surface area contributed by atoms with Crippen LogP contribution in [0.2, 0.25) is 0 Å². The Kier molecular flexibility index (Phi) is 4.75. The monoisotopic (exact) mass is 203 g/mol. The molecule has 15 heavy (non-hydrogen) atoms. The van der Waals surface area contributed by atoms with E-state index >= 15 is 0 Å². The number of nitrogens with zero attached hydrogens (tertiary/aromatic N) is 1. The van der Waals surface area contributed by atoms with Crippen molar-refractivity contribution in [2.24, 2.45) is 0 Å². The van der Waals surface area contributed by atoms with Crippen molar-refractivity contribution < 1.29 is 4.79 Å². The Labute approximate surface area is 91.0 Å². The molecule has 0 unspecified atom stereocenters. The van der Waals surface area contributed by atoms with E-state index in [1.807, 2.05) is 25.1 Å². The third-order valence-electron chi connectivity index (χ3n) is 2.33. The number of pyridine rings is 1. The van der Waals surface area contributed by atoms with Gasteiger partial charge in [-0.1, -0.05) is 25.1 Å². The minimum atomic E-state index is 0.257. The number of aryl methyl sites for hydroxylation is 1. The first-order chi connectivity index (χ1) is 7.22. The van der Waals surface area contributed by atoms with Gasteiger partial charge >= 0.3 is 0 Å². The average molecular weight is 203 g/mol. The number of aromatic nitrogens is 1. The summed E-state index contributed by atoms with van der Waals surface area (Å²) in [5.74, 6) is 0.257. The average Bonchev–Trinajstić information content (AvgIpc) is 2.27. The first-order valence-corrected chi connectivity index (χ1v) is 5.30. The fourth-order valence-corrected chi connectivity index (χ4v) is 1.31. The van der Waals surface area contributed by atoms with Crippen molar-refractivity contribution >= 4 is 5.78 Å². The van der Waals surface area contributed by atoms with Crippen molar-refractivity contribution in [3.05, 3.63) is 42.2 Å². The standard InChI is InChI=1S/C13H17NO/c1-3-11(2)10-13(15)8-7-12-6-4-5-9-14-12/h4-6,9H,2-3,7-8,10H2,1H3. The van der Waals surface area contributed by atoms with Crippen molar-refractivity contribution in [2.75, 3.05) is 0 Å². The fourth-order valence-electron chi connectivity index (χ4n) is 1.31. The summed E-state index contributed by atoms with van der Waals surface area (Å²) >= 11 is 0. The Morgan fingerprint density at radius 2 is 2.27 bits per heavy atom. The molecule has 0 amide bonds. The minimum Gasteiger partial charge on any atom is -0.299 e. The van der Waals surface area contributed by atoms with Crippen molar-refractivity contribution in [1.29, 1.82) is 0 Å². The van der Waals surface area contributed by atoms with Crippen LogP contribution < -0.4 is 0 Å². The first-order valence-electron chi connectivity index (χ1n) is 5.30. The van der Waals surface area contributed by atoms with Gasteiger partial charge in [-0.25, -0.2) is 0 Å². The normalized spacial score (nSPS) is 9.93. The van der Waals surface area contributed by atoms with E-state index in [1.165, 1.54) is 0 Å². The van der Waals surface area contributed by atoms with E-state index in [4.69, 9.17) is 0 Å². The predicted octanol–water partition coefficient (Wildman–Crippen LogP) is 2.94. The van der Waals surface area contributed by atoms with E-state index in [0.29, 0.717) is 12.8 Å². The van der Waals surface area contributed by atoms with Gasteiger partial charge in [-0.2, -0.15) is 0 Å².